The number of benzene rings is 12. The van der Waals surface area contributed by atoms with E-state index in [4.69, 9.17) is 14.3 Å². The van der Waals surface area contributed by atoms with Gasteiger partial charge in [0, 0.05) is 37.8 Å². The Bertz CT molecular complexity index is 5220. The molecule has 1 aromatic heterocycles. The van der Waals surface area contributed by atoms with Crippen molar-refractivity contribution in [2.75, 3.05) is 9.80 Å². The number of fused-ring (bicyclic) bond motifs is 7. The summed E-state index contributed by atoms with van der Waals surface area (Å²) in [5.41, 5.74) is 9.84. The van der Waals surface area contributed by atoms with Gasteiger partial charge in [-0.2, -0.15) is 0 Å². The molecule has 0 fully saturated rings. The first-order chi connectivity index (χ1) is 46.2. The van der Waals surface area contributed by atoms with Crippen LogP contribution in [0.15, 0.2) is 248 Å². The highest BCUT2D eigenvalue weighted by atomic mass is 35.5. The highest BCUT2D eigenvalue weighted by molar-refractivity contribution is 7.17. The lowest BCUT2D eigenvalue weighted by Crippen LogP contribution is -2.18. The zero-order valence-corrected chi connectivity index (χ0v) is 53.7. The smallest absolute Gasteiger partial charge is 0.0887 e. The molecule has 0 aliphatic carbocycles. The van der Waals surface area contributed by atoms with Gasteiger partial charge in [0.1, 0.15) is 0 Å². The quantitative estimate of drug-likeness (QED) is 0.126. The Morgan fingerprint density at radius 2 is 0.773 bits per heavy atom. The van der Waals surface area contributed by atoms with Gasteiger partial charge in [0.2, 0.25) is 0 Å². The molecule has 0 spiro atoms. The normalized spacial score (nSPS) is 14.0. The average Bonchev–Trinajstić information content (AvgIpc) is 0.946. The molecule has 436 valence electrons. The molecule has 0 atom stereocenters. The molecule has 0 aliphatic rings. The molecule has 0 saturated heterocycles. The van der Waals surface area contributed by atoms with E-state index in [-0.39, 0.29) is 49.2 Å². The van der Waals surface area contributed by atoms with Gasteiger partial charge < -0.3 is 9.80 Å². The second kappa shape index (κ2) is 22.5. The SMILES string of the molecule is [2H]c1c([2H])c([2H])c(-c2cc(C(C)(C)C)cc(-c3c([2H])c([2H])c([2H])c([2H])c3[2H])c2N(c2cccc(N(c3ccc(-c4ccc(C(C)(C)C)cc4)cc3)c3ccc(C(C)(C)C)cc3-c3ccc4c5ccccc5c5ccccc5c4c3)c2Cl)c2csc3ccc(C(C)(C)C)cc23)c([2H])c1[2H]. The van der Waals surface area contributed by atoms with Crippen LogP contribution in [0.5, 0.6) is 0 Å². The molecular formula is C84H77ClN2S. The topological polar surface area (TPSA) is 6.48 Å². The number of nitrogens with zero attached hydrogens (tertiary/aromatic N) is 2. The van der Waals surface area contributed by atoms with E-state index >= 15 is 0 Å². The molecule has 0 N–H and O–H groups in total. The molecule has 0 saturated carbocycles. The molecule has 12 aromatic carbocycles. The van der Waals surface area contributed by atoms with E-state index in [0.717, 1.165) is 81.8 Å². The van der Waals surface area contributed by atoms with Crippen LogP contribution in [0.2, 0.25) is 5.02 Å². The zero-order chi connectivity index (χ0) is 70.1. The Balaban J connectivity index is 1.17. The zero-order valence-electron chi connectivity index (χ0n) is 62.1. The first-order valence-electron chi connectivity index (χ1n) is 35.2. The summed E-state index contributed by atoms with van der Waals surface area (Å²) in [6.45, 7) is 25.6. The summed E-state index contributed by atoms with van der Waals surface area (Å²) >= 11 is 10.1. The van der Waals surface area contributed by atoms with Gasteiger partial charge in [-0.05, 0) is 171 Å². The summed E-state index contributed by atoms with van der Waals surface area (Å²) in [5.74, 6) is 0. The molecule has 13 aromatic rings. The van der Waals surface area contributed by atoms with Crippen molar-refractivity contribution in [3.8, 4) is 44.5 Å². The monoisotopic (exact) mass is 1190 g/mol. The Morgan fingerprint density at radius 1 is 0.330 bits per heavy atom. The predicted octanol–water partition coefficient (Wildman–Crippen LogP) is 25.8. The molecule has 0 bridgehead atoms. The van der Waals surface area contributed by atoms with Crippen molar-refractivity contribution in [1.29, 1.82) is 0 Å². The summed E-state index contributed by atoms with van der Waals surface area (Å²) in [6, 6.07) is 58.2. The van der Waals surface area contributed by atoms with Crippen LogP contribution in [0.25, 0.3) is 86.9 Å². The van der Waals surface area contributed by atoms with Gasteiger partial charge in [-0.25, -0.2) is 0 Å². The third kappa shape index (κ3) is 10.9. The molecule has 2 nitrogen and oxygen atoms in total. The third-order valence-corrected chi connectivity index (χ3v) is 18.5. The molecule has 4 heteroatoms. The fraction of sp³-hybridized carbons (Fsp3) is 0.190. The molecule has 0 radical (unpaired) electrons. The predicted molar refractivity (Wildman–Crippen MR) is 385 cm³/mol. The van der Waals surface area contributed by atoms with E-state index in [1.165, 1.54) is 22.3 Å². The van der Waals surface area contributed by atoms with E-state index < -0.39 is 65.8 Å². The minimum Gasteiger partial charge on any atom is -0.308 e. The van der Waals surface area contributed by atoms with Crippen molar-refractivity contribution in [3.05, 3.63) is 275 Å². The van der Waals surface area contributed by atoms with Crippen molar-refractivity contribution in [3.63, 3.8) is 0 Å². The van der Waals surface area contributed by atoms with Crippen LogP contribution in [0, 0.1) is 0 Å². The Morgan fingerprint density at radius 3 is 1.31 bits per heavy atom. The maximum atomic E-state index is 9.81. The Kier molecular flexibility index (Phi) is 12.1. The van der Waals surface area contributed by atoms with Crippen LogP contribution in [0.4, 0.5) is 34.1 Å². The van der Waals surface area contributed by atoms with Gasteiger partial charge in [-0.15, -0.1) is 11.3 Å². The summed E-state index contributed by atoms with van der Waals surface area (Å²) in [7, 11) is 0. The number of anilines is 6. The number of halogens is 1. The van der Waals surface area contributed by atoms with Gasteiger partial charge >= 0.3 is 0 Å². The van der Waals surface area contributed by atoms with Gasteiger partial charge in [0.05, 0.1) is 47.2 Å². The van der Waals surface area contributed by atoms with Crippen LogP contribution >= 0.6 is 22.9 Å². The largest absolute Gasteiger partial charge is 0.308 e. The molecular weight excluding hydrogens is 1100 g/mol. The Hall–Kier alpha value is -8.73. The lowest BCUT2D eigenvalue weighted by atomic mass is 9.82. The second-order valence-corrected chi connectivity index (χ2v) is 28.5. The number of rotatable bonds is 10. The highest BCUT2D eigenvalue weighted by Crippen LogP contribution is 2.56. The first-order valence-corrected chi connectivity index (χ1v) is 31.4. The Labute approximate surface area is 544 Å². The van der Waals surface area contributed by atoms with Gasteiger partial charge in [-0.3, -0.25) is 0 Å². The molecule has 88 heavy (non-hydrogen) atoms. The van der Waals surface area contributed by atoms with Gasteiger partial charge in [-0.1, -0.05) is 270 Å². The van der Waals surface area contributed by atoms with Crippen LogP contribution in [0.3, 0.4) is 0 Å². The summed E-state index contributed by atoms with van der Waals surface area (Å²) < 4.78 is 94.8. The van der Waals surface area contributed by atoms with E-state index in [0.29, 0.717) is 22.6 Å². The summed E-state index contributed by atoms with van der Waals surface area (Å²) in [6.07, 6.45) is 0. The summed E-state index contributed by atoms with van der Waals surface area (Å²) in [4.78, 5) is 4.13. The highest BCUT2D eigenvalue weighted by Gasteiger charge is 2.32. The fourth-order valence-electron chi connectivity index (χ4n) is 12.2. The van der Waals surface area contributed by atoms with E-state index in [9.17, 15) is 11.0 Å². The lowest BCUT2D eigenvalue weighted by Gasteiger charge is -2.35. The second-order valence-electron chi connectivity index (χ2n) is 27.2. The lowest BCUT2D eigenvalue weighted by molar-refractivity contribution is 0.590. The van der Waals surface area contributed by atoms with E-state index in [2.05, 4.69) is 219 Å². The molecule has 0 amide bonds. The van der Waals surface area contributed by atoms with Crippen molar-refractivity contribution in [2.24, 2.45) is 0 Å². The fourth-order valence-corrected chi connectivity index (χ4v) is 13.4. The van der Waals surface area contributed by atoms with Crippen LogP contribution < -0.4 is 9.80 Å². The summed E-state index contributed by atoms with van der Waals surface area (Å²) in [5, 5.41) is 9.90. The standard InChI is InChI=1S/C84H77ClN2S/c1-81(2,3)59-39-34-54(35-40-59)55-36-43-63(44-37-55)86(74-46-41-60(82(4,5)6)49-69(74)58-38-45-68-66-30-20-19-28-64(66)65-29-21-22-31-67(65)72(68)48-58)75-32-23-33-76(79(75)85)87(77-53-88-78-47-42-61(50-73(77)78)83(7,8)9)80-70(56-24-15-13-16-25-56)51-62(84(10,11)12)52-71(80)57-26-17-14-18-27-57/h13-53H,1-12H3/i13D,14D,15D,16D,17D,18D,24D,25D,26D,27D. The van der Waals surface area contributed by atoms with Gasteiger partial charge in [0.15, 0.2) is 0 Å². The van der Waals surface area contributed by atoms with Crippen molar-refractivity contribution < 1.29 is 13.7 Å². The number of hydrogen-bond donors (Lipinski definition) is 0. The number of hydrogen-bond acceptors (Lipinski definition) is 3. The first kappa shape index (κ1) is 47.4. The van der Waals surface area contributed by atoms with Crippen molar-refractivity contribution in [1.82, 2.24) is 0 Å². The van der Waals surface area contributed by atoms with Crippen molar-refractivity contribution in [2.45, 2.75) is 105 Å². The van der Waals surface area contributed by atoms with Crippen LogP contribution in [0.1, 0.15) is 119 Å². The van der Waals surface area contributed by atoms with Crippen molar-refractivity contribution >= 4 is 99.5 Å². The maximum absolute atomic E-state index is 9.81. The van der Waals surface area contributed by atoms with Gasteiger partial charge in [0.25, 0.3) is 0 Å². The molecule has 0 unspecified atom stereocenters. The maximum Gasteiger partial charge on any atom is 0.0887 e. The van der Waals surface area contributed by atoms with Crippen LogP contribution in [-0.2, 0) is 21.7 Å². The molecule has 0 aliphatic heterocycles. The average molecular weight is 1190 g/mol. The molecule has 1 heterocycles. The molecule has 13 rings (SSSR count). The minimum absolute atomic E-state index is 0.0385. The number of thiophene rings is 1. The van der Waals surface area contributed by atoms with E-state index in [1.54, 1.807) is 0 Å². The van der Waals surface area contributed by atoms with Crippen LogP contribution in [-0.4, -0.2) is 0 Å². The minimum atomic E-state index is -0.722. The third-order valence-electron chi connectivity index (χ3n) is 17.2. The van der Waals surface area contributed by atoms with E-state index in [1.807, 2.05) is 61.4 Å².